The normalized spacial score (nSPS) is 16.1. The summed E-state index contributed by atoms with van der Waals surface area (Å²) in [5.41, 5.74) is 0. The van der Waals surface area contributed by atoms with Gasteiger partial charge >= 0.3 is 6.03 Å². The van der Waals surface area contributed by atoms with Gasteiger partial charge in [-0.2, -0.15) is 0 Å². The van der Waals surface area contributed by atoms with Crippen molar-refractivity contribution < 1.29 is 13.2 Å². The summed E-state index contributed by atoms with van der Waals surface area (Å²) in [6.45, 7) is 0. The number of urea groups is 1. The van der Waals surface area contributed by atoms with Crippen molar-refractivity contribution in [2.75, 3.05) is 0 Å². The van der Waals surface area contributed by atoms with E-state index in [9.17, 15) is 13.2 Å². The lowest BCUT2D eigenvalue weighted by Gasteiger charge is -2.14. The molecule has 0 aromatic heterocycles. The number of carbonyl (C=O) groups is 1. The Morgan fingerprint density at radius 2 is 1.85 bits per heavy atom. The number of sulfonamides is 1. The van der Waals surface area contributed by atoms with Crippen molar-refractivity contribution in [1.29, 1.82) is 0 Å². The largest absolute Gasteiger partial charge is 0.335 e. The monoisotopic (exact) mass is 336 g/mol. The van der Waals surface area contributed by atoms with Crippen LogP contribution in [0.25, 0.3) is 0 Å². The van der Waals surface area contributed by atoms with Crippen molar-refractivity contribution >= 4 is 39.3 Å². The zero-order valence-electron chi connectivity index (χ0n) is 10.5. The minimum Gasteiger partial charge on any atom is -0.335 e. The average Bonchev–Trinajstić information content (AvgIpc) is 2.84. The summed E-state index contributed by atoms with van der Waals surface area (Å²) in [7, 11) is -4.03. The Morgan fingerprint density at radius 3 is 2.50 bits per heavy atom. The quantitative estimate of drug-likeness (QED) is 0.890. The zero-order valence-corrected chi connectivity index (χ0v) is 12.9. The second-order valence-electron chi connectivity index (χ2n) is 4.61. The maximum atomic E-state index is 12.1. The van der Waals surface area contributed by atoms with Gasteiger partial charge in [0.25, 0.3) is 10.0 Å². The number of benzene rings is 1. The van der Waals surface area contributed by atoms with Gasteiger partial charge in [-0.25, -0.2) is 17.9 Å². The minimum atomic E-state index is -4.03. The predicted molar refractivity (Wildman–Crippen MR) is 77.6 cm³/mol. The van der Waals surface area contributed by atoms with Gasteiger partial charge in [-0.05, 0) is 25.0 Å². The van der Waals surface area contributed by atoms with Crippen LogP contribution in [0.5, 0.6) is 0 Å². The molecule has 5 nitrogen and oxygen atoms in total. The van der Waals surface area contributed by atoms with E-state index in [-0.39, 0.29) is 21.0 Å². The van der Waals surface area contributed by atoms with Gasteiger partial charge in [0, 0.05) is 6.04 Å². The third-order valence-corrected chi connectivity index (χ3v) is 5.43. The first-order valence-corrected chi connectivity index (χ1v) is 8.41. The van der Waals surface area contributed by atoms with Crippen molar-refractivity contribution in [2.24, 2.45) is 0 Å². The number of amides is 2. The number of hydrogen-bond donors (Lipinski definition) is 2. The lowest BCUT2D eigenvalue weighted by molar-refractivity contribution is 0.242. The zero-order chi connectivity index (χ0) is 14.8. The molecule has 2 amide bonds. The molecule has 0 bridgehead atoms. The first-order valence-electron chi connectivity index (χ1n) is 6.17. The molecular weight excluding hydrogens is 323 g/mol. The van der Waals surface area contributed by atoms with Crippen molar-refractivity contribution in [3.05, 3.63) is 28.2 Å². The van der Waals surface area contributed by atoms with Crippen LogP contribution in [0.2, 0.25) is 10.0 Å². The SMILES string of the molecule is O=C(NC1CCCC1)NS(=O)(=O)c1cccc(Cl)c1Cl. The molecule has 1 aliphatic carbocycles. The molecule has 0 aliphatic heterocycles. The topological polar surface area (TPSA) is 75.3 Å². The van der Waals surface area contributed by atoms with Crippen LogP contribution >= 0.6 is 23.2 Å². The Labute approximate surface area is 127 Å². The first kappa shape index (κ1) is 15.4. The third-order valence-electron chi connectivity index (χ3n) is 3.12. The highest BCUT2D eigenvalue weighted by molar-refractivity contribution is 7.90. The van der Waals surface area contributed by atoms with E-state index >= 15 is 0 Å². The molecule has 0 spiro atoms. The molecule has 0 heterocycles. The standard InChI is InChI=1S/C12H14Cl2N2O3S/c13-9-6-3-7-10(11(9)14)20(18,19)16-12(17)15-8-4-1-2-5-8/h3,6-8H,1-2,4-5H2,(H2,15,16,17). The van der Waals surface area contributed by atoms with Crippen molar-refractivity contribution in [1.82, 2.24) is 10.0 Å². The molecule has 110 valence electrons. The Balaban J connectivity index is 2.10. The van der Waals surface area contributed by atoms with Gasteiger partial charge in [-0.15, -0.1) is 0 Å². The number of nitrogens with one attached hydrogen (secondary N) is 2. The molecule has 1 aromatic rings. The average molecular weight is 337 g/mol. The molecule has 1 aliphatic rings. The fraction of sp³-hybridized carbons (Fsp3) is 0.417. The molecule has 1 saturated carbocycles. The van der Waals surface area contributed by atoms with E-state index in [0.29, 0.717) is 0 Å². The summed E-state index contributed by atoms with van der Waals surface area (Å²) >= 11 is 11.6. The van der Waals surface area contributed by atoms with E-state index in [1.54, 1.807) is 0 Å². The van der Waals surface area contributed by atoms with Gasteiger partial charge < -0.3 is 5.32 Å². The molecule has 8 heteroatoms. The van der Waals surface area contributed by atoms with Crippen molar-refractivity contribution in [3.63, 3.8) is 0 Å². The maximum absolute atomic E-state index is 12.1. The molecule has 1 aromatic carbocycles. The third kappa shape index (κ3) is 3.56. The van der Waals surface area contributed by atoms with E-state index in [2.05, 4.69) is 5.32 Å². The van der Waals surface area contributed by atoms with E-state index in [4.69, 9.17) is 23.2 Å². The van der Waals surface area contributed by atoms with Gasteiger partial charge in [0.1, 0.15) is 4.90 Å². The van der Waals surface area contributed by atoms with Crippen LogP contribution in [0.3, 0.4) is 0 Å². The Hall–Kier alpha value is -0.980. The van der Waals surface area contributed by atoms with Gasteiger partial charge in [0.05, 0.1) is 10.0 Å². The molecule has 1 fully saturated rings. The number of hydrogen-bond acceptors (Lipinski definition) is 3. The molecule has 0 atom stereocenters. The fourth-order valence-corrected chi connectivity index (χ4v) is 3.83. The van der Waals surface area contributed by atoms with Gasteiger partial charge in [0.15, 0.2) is 0 Å². The van der Waals surface area contributed by atoms with Crippen molar-refractivity contribution in [3.8, 4) is 0 Å². The lowest BCUT2D eigenvalue weighted by atomic mass is 10.3. The first-order chi connectivity index (χ1) is 9.40. The number of carbonyl (C=O) groups excluding carboxylic acids is 1. The number of rotatable bonds is 3. The summed E-state index contributed by atoms with van der Waals surface area (Å²) in [4.78, 5) is 11.5. The number of halogens is 2. The van der Waals surface area contributed by atoms with Crippen LogP contribution in [0.1, 0.15) is 25.7 Å². The predicted octanol–water partition coefficient (Wildman–Crippen LogP) is 2.92. The molecule has 0 saturated heterocycles. The summed E-state index contributed by atoms with van der Waals surface area (Å²) in [5.74, 6) is 0. The molecule has 0 radical (unpaired) electrons. The van der Waals surface area contributed by atoms with Crippen LogP contribution in [-0.2, 0) is 10.0 Å². The van der Waals surface area contributed by atoms with E-state index < -0.39 is 16.1 Å². The van der Waals surface area contributed by atoms with Crippen LogP contribution < -0.4 is 10.0 Å². The van der Waals surface area contributed by atoms with Crippen LogP contribution in [0, 0.1) is 0 Å². The van der Waals surface area contributed by atoms with Gasteiger partial charge in [-0.3, -0.25) is 0 Å². The van der Waals surface area contributed by atoms with E-state index in [0.717, 1.165) is 25.7 Å². The fourth-order valence-electron chi connectivity index (χ4n) is 2.15. The molecule has 20 heavy (non-hydrogen) atoms. The summed E-state index contributed by atoms with van der Waals surface area (Å²) in [5, 5.41) is 2.65. The second kappa shape index (κ2) is 6.20. The lowest BCUT2D eigenvalue weighted by Crippen LogP contribution is -2.43. The Bertz CT molecular complexity index is 613. The Kier molecular flexibility index (Phi) is 4.78. The summed E-state index contributed by atoms with van der Waals surface area (Å²) < 4.78 is 26.1. The van der Waals surface area contributed by atoms with E-state index in [1.807, 2.05) is 4.72 Å². The Morgan fingerprint density at radius 1 is 1.20 bits per heavy atom. The molecule has 0 unspecified atom stereocenters. The summed E-state index contributed by atoms with van der Waals surface area (Å²) in [6.07, 6.45) is 3.81. The highest BCUT2D eigenvalue weighted by atomic mass is 35.5. The second-order valence-corrected chi connectivity index (χ2v) is 7.05. The van der Waals surface area contributed by atoms with Crippen molar-refractivity contribution in [2.45, 2.75) is 36.6 Å². The minimum absolute atomic E-state index is 0.0278. The van der Waals surface area contributed by atoms with Crippen LogP contribution in [0.4, 0.5) is 4.79 Å². The molecular formula is C12H14Cl2N2O3S. The molecule has 2 rings (SSSR count). The highest BCUT2D eigenvalue weighted by Crippen LogP contribution is 2.28. The van der Waals surface area contributed by atoms with E-state index in [1.165, 1.54) is 18.2 Å². The van der Waals surface area contributed by atoms with Crippen LogP contribution in [-0.4, -0.2) is 20.5 Å². The van der Waals surface area contributed by atoms with Gasteiger partial charge in [-0.1, -0.05) is 42.1 Å². The van der Waals surface area contributed by atoms with Crippen LogP contribution in [0.15, 0.2) is 23.1 Å². The maximum Gasteiger partial charge on any atom is 0.328 e. The molecule has 2 N–H and O–H groups in total. The highest BCUT2D eigenvalue weighted by Gasteiger charge is 2.24. The smallest absolute Gasteiger partial charge is 0.328 e. The summed E-state index contributed by atoms with van der Waals surface area (Å²) in [6, 6.07) is 3.51. The van der Waals surface area contributed by atoms with Gasteiger partial charge in [0.2, 0.25) is 0 Å².